The van der Waals surface area contributed by atoms with E-state index in [2.05, 4.69) is 34.3 Å². The first kappa shape index (κ1) is 24.7. The summed E-state index contributed by atoms with van der Waals surface area (Å²) in [5.74, 6) is 1.34. The van der Waals surface area contributed by atoms with Crippen LogP contribution in [-0.2, 0) is 0 Å². The van der Waals surface area contributed by atoms with Crippen LogP contribution < -0.4 is 29.9 Å². The zero-order chi connectivity index (χ0) is 25.3. The number of hydrogen-bond acceptors (Lipinski definition) is 6. The Hall–Kier alpha value is -3.42. The Bertz CT molecular complexity index is 1020. The molecule has 2 aromatic rings. The normalized spacial score (nSPS) is 23.9. The number of carbonyl (C=O) groups is 2. The summed E-state index contributed by atoms with van der Waals surface area (Å²) in [6.07, 6.45) is 0.696. The fraction of sp³-hybridized carbons (Fsp3) is 0.481. The Morgan fingerprint density at radius 3 is 1.51 bits per heavy atom. The quantitative estimate of drug-likeness (QED) is 0.617. The van der Waals surface area contributed by atoms with Crippen molar-refractivity contribution < 1.29 is 19.1 Å². The number of amides is 2. The minimum atomic E-state index is -0.0589. The van der Waals surface area contributed by atoms with Crippen LogP contribution in [0.2, 0.25) is 0 Å². The van der Waals surface area contributed by atoms with Gasteiger partial charge >= 0.3 is 0 Å². The second-order valence-electron chi connectivity index (χ2n) is 9.64. The number of ether oxygens (including phenoxy) is 2. The average Bonchev–Trinajstić information content (AvgIpc) is 2.97. The van der Waals surface area contributed by atoms with Crippen molar-refractivity contribution in [1.82, 2.24) is 10.6 Å². The van der Waals surface area contributed by atoms with Gasteiger partial charge in [-0.1, -0.05) is 0 Å². The van der Waals surface area contributed by atoms with E-state index in [9.17, 15) is 9.59 Å². The van der Waals surface area contributed by atoms with E-state index in [0.29, 0.717) is 30.8 Å². The van der Waals surface area contributed by atoms with Gasteiger partial charge in [0.1, 0.15) is 11.5 Å². The maximum absolute atomic E-state index is 12.5. The van der Waals surface area contributed by atoms with Crippen LogP contribution in [0.1, 0.15) is 54.8 Å². The van der Waals surface area contributed by atoms with Gasteiger partial charge in [0.2, 0.25) is 0 Å². The van der Waals surface area contributed by atoms with E-state index in [1.165, 1.54) is 0 Å². The second kappa shape index (κ2) is 10.1. The molecular weight excluding hydrogens is 444 g/mol. The van der Waals surface area contributed by atoms with Crippen LogP contribution in [0.5, 0.6) is 11.5 Å². The van der Waals surface area contributed by atoms with E-state index in [1.54, 1.807) is 0 Å². The molecule has 0 fully saturated rings. The molecule has 2 amide bonds. The van der Waals surface area contributed by atoms with Crippen molar-refractivity contribution in [3.05, 3.63) is 47.5 Å². The molecule has 2 aliphatic rings. The molecule has 4 atom stereocenters. The van der Waals surface area contributed by atoms with Crippen LogP contribution in [-0.4, -0.2) is 63.3 Å². The lowest BCUT2D eigenvalue weighted by Crippen LogP contribution is -2.44. The monoisotopic (exact) mass is 480 g/mol. The van der Waals surface area contributed by atoms with Gasteiger partial charge in [-0.15, -0.1) is 0 Å². The molecule has 2 aromatic carbocycles. The number of fused-ring (bicyclic) bond motifs is 2. The minimum absolute atomic E-state index is 0.0511. The number of nitrogens with one attached hydrogen (secondary N) is 2. The largest absolute Gasteiger partial charge is 0.493 e. The van der Waals surface area contributed by atoms with Crippen molar-refractivity contribution in [1.29, 1.82) is 0 Å². The molecule has 2 N–H and O–H groups in total. The molecule has 8 heteroatoms. The first-order chi connectivity index (χ1) is 16.7. The molecule has 2 heterocycles. The van der Waals surface area contributed by atoms with Crippen LogP contribution >= 0.6 is 0 Å². The van der Waals surface area contributed by atoms with Crippen LogP contribution in [0, 0.1) is 0 Å². The van der Waals surface area contributed by atoms with Crippen molar-refractivity contribution in [2.24, 2.45) is 0 Å². The van der Waals surface area contributed by atoms with Crippen LogP contribution in [0.25, 0.3) is 0 Å². The van der Waals surface area contributed by atoms with Gasteiger partial charge in [0.25, 0.3) is 11.8 Å². The smallest absolute Gasteiger partial charge is 0.253 e. The Kier molecular flexibility index (Phi) is 7.10. The zero-order valence-electron chi connectivity index (χ0n) is 21.4. The number of hydrogen-bond donors (Lipinski definition) is 2. The molecule has 4 rings (SSSR count). The highest BCUT2D eigenvalue weighted by Gasteiger charge is 2.29. The maximum atomic E-state index is 12.5. The number of carbonyl (C=O) groups excluding carboxylic acids is 2. The standard InChI is InChI=1S/C27H36N4O4/c1-16-18(3)30(5)24-14-20(8-10-22(24)26(32)28-16)34-12-7-13-35-21-9-11-23-25(15-21)31(6)19(4)17(2)29-27(23)33/h8-11,14-19H,7,12-13H2,1-6H3,(H,28,32)(H,29,33)/t16-,17-,18?,19?/m0/s1. The van der Waals surface area contributed by atoms with Crippen LogP contribution in [0.4, 0.5) is 11.4 Å². The SMILES string of the molecule is CC1[C@H](C)NC(=O)c2ccc(OCCCOc3ccc4c(c3)N(C)C(C)[C@H](C)NC4=O)cc2N1C. The fourth-order valence-electron chi connectivity index (χ4n) is 4.53. The second-order valence-corrected chi connectivity index (χ2v) is 9.64. The Morgan fingerprint density at radius 1 is 0.714 bits per heavy atom. The number of nitrogens with zero attached hydrogens (tertiary/aromatic N) is 2. The highest BCUT2D eigenvalue weighted by molar-refractivity contribution is 6.01. The van der Waals surface area contributed by atoms with Crippen molar-refractivity contribution in [3.63, 3.8) is 0 Å². The Balaban J connectivity index is 1.34. The molecule has 0 bridgehead atoms. The third kappa shape index (κ3) is 5.01. The average molecular weight is 481 g/mol. The molecule has 0 spiro atoms. The lowest BCUT2D eigenvalue weighted by Gasteiger charge is -2.29. The van der Waals surface area contributed by atoms with Crippen LogP contribution in [0.3, 0.4) is 0 Å². The van der Waals surface area contributed by atoms with Gasteiger partial charge in [-0.2, -0.15) is 0 Å². The topological polar surface area (TPSA) is 83.1 Å². The first-order valence-electron chi connectivity index (χ1n) is 12.3. The molecule has 8 nitrogen and oxygen atoms in total. The van der Waals surface area contributed by atoms with Crippen molar-refractivity contribution >= 4 is 23.2 Å². The molecule has 188 valence electrons. The van der Waals surface area contributed by atoms with Gasteiger partial charge in [0.05, 0.1) is 35.7 Å². The van der Waals surface area contributed by atoms with Gasteiger partial charge in [-0.05, 0) is 52.0 Å². The maximum Gasteiger partial charge on any atom is 0.253 e. The van der Waals surface area contributed by atoms with E-state index in [1.807, 2.05) is 64.3 Å². The summed E-state index contributed by atoms with van der Waals surface area (Å²) in [7, 11) is 4.00. The number of rotatable bonds is 6. The molecule has 35 heavy (non-hydrogen) atoms. The lowest BCUT2D eigenvalue weighted by molar-refractivity contribution is 0.0932. The summed E-state index contributed by atoms with van der Waals surface area (Å²) in [6, 6.07) is 11.6. The summed E-state index contributed by atoms with van der Waals surface area (Å²) in [5.41, 5.74) is 3.06. The highest BCUT2D eigenvalue weighted by atomic mass is 16.5. The lowest BCUT2D eigenvalue weighted by atomic mass is 10.1. The van der Waals surface area contributed by atoms with Crippen molar-refractivity contribution in [3.8, 4) is 11.5 Å². The van der Waals surface area contributed by atoms with Gasteiger partial charge in [0, 0.05) is 56.8 Å². The number of benzene rings is 2. The van der Waals surface area contributed by atoms with Crippen molar-refractivity contribution in [2.75, 3.05) is 37.1 Å². The van der Waals surface area contributed by atoms with Gasteiger partial charge in [-0.3, -0.25) is 9.59 Å². The van der Waals surface area contributed by atoms with Crippen molar-refractivity contribution in [2.45, 2.75) is 58.3 Å². The first-order valence-corrected chi connectivity index (χ1v) is 12.3. The third-order valence-electron chi connectivity index (χ3n) is 7.40. The predicted molar refractivity (Wildman–Crippen MR) is 138 cm³/mol. The summed E-state index contributed by atoms with van der Waals surface area (Å²) in [5, 5.41) is 6.08. The third-order valence-corrected chi connectivity index (χ3v) is 7.40. The molecule has 0 saturated heterocycles. The molecule has 0 radical (unpaired) electrons. The Morgan fingerprint density at radius 2 is 1.11 bits per heavy atom. The molecule has 2 aliphatic heterocycles. The molecule has 0 saturated carbocycles. The molecular formula is C27H36N4O4. The van der Waals surface area contributed by atoms with E-state index in [-0.39, 0.29) is 36.0 Å². The summed E-state index contributed by atoms with van der Waals surface area (Å²) in [6.45, 7) is 9.20. The number of likely N-dealkylation sites (N-methyl/N-ethyl adjacent to an activating group) is 2. The van der Waals surface area contributed by atoms with Crippen LogP contribution in [0.15, 0.2) is 36.4 Å². The van der Waals surface area contributed by atoms with E-state index >= 15 is 0 Å². The zero-order valence-corrected chi connectivity index (χ0v) is 21.4. The fourth-order valence-corrected chi connectivity index (χ4v) is 4.53. The van der Waals surface area contributed by atoms with Gasteiger partial charge in [-0.25, -0.2) is 0 Å². The highest BCUT2D eigenvalue weighted by Crippen LogP contribution is 2.31. The van der Waals surface area contributed by atoms with Gasteiger partial charge in [0.15, 0.2) is 0 Å². The molecule has 0 aromatic heterocycles. The van der Waals surface area contributed by atoms with Gasteiger partial charge < -0.3 is 29.9 Å². The summed E-state index contributed by atoms with van der Waals surface area (Å²) >= 11 is 0. The van der Waals surface area contributed by atoms with E-state index < -0.39 is 0 Å². The molecule has 2 unspecified atom stereocenters. The summed E-state index contributed by atoms with van der Waals surface area (Å²) in [4.78, 5) is 29.3. The van der Waals surface area contributed by atoms with E-state index in [0.717, 1.165) is 22.9 Å². The Labute approximate surface area is 207 Å². The predicted octanol–water partition coefficient (Wildman–Crippen LogP) is 3.45. The summed E-state index contributed by atoms with van der Waals surface area (Å²) < 4.78 is 11.9. The number of anilines is 2. The van der Waals surface area contributed by atoms with E-state index in [4.69, 9.17) is 9.47 Å². The molecule has 0 aliphatic carbocycles. The minimum Gasteiger partial charge on any atom is -0.493 e.